The van der Waals surface area contributed by atoms with E-state index in [-0.39, 0.29) is 0 Å². The highest BCUT2D eigenvalue weighted by Crippen LogP contribution is 2.36. The minimum Gasteiger partial charge on any atom is -0.339 e. The summed E-state index contributed by atoms with van der Waals surface area (Å²) in [4.78, 5) is 0. The molecule has 22 heavy (non-hydrogen) atoms. The molecule has 1 heterocycles. The molecular formula is C20H14N2. The van der Waals surface area contributed by atoms with E-state index in [9.17, 15) is 0 Å². The SMILES string of the molecule is Nn1c2c3ccccc3ccc2c2ccc3ccccc3c21. The number of nitrogen functional groups attached to an aromatic ring is 1. The van der Waals surface area contributed by atoms with E-state index >= 15 is 0 Å². The summed E-state index contributed by atoms with van der Waals surface area (Å²) >= 11 is 0. The van der Waals surface area contributed by atoms with Gasteiger partial charge in [-0.15, -0.1) is 0 Å². The van der Waals surface area contributed by atoms with Gasteiger partial charge < -0.3 is 5.84 Å². The van der Waals surface area contributed by atoms with Gasteiger partial charge in [-0.1, -0.05) is 72.8 Å². The Morgan fingerprint density at radius 3 is 1.45 bits per heavy atom. The van der Waals surface area contributed by atoms with Gasteiger partial charge in [0.05, 0.1) is 11.0 Å². The van der Waals surface area contributed by atoms with Crippen molar-refractivity contribution in [3.63, 3.8) is 0 Å². The maximum absolute atomic E-state index is 6.52. The number of hydrogen-bond acceptors (Lipinski definition) is 1. The molecule has 0 amide bonds. The number of fused-ring (bicyclic) bond motifs is 7. The maximum atomic E-state index is 6.52. The van der Waals surface area contributed by atoms with Gasteiger partial charge in [0.15, 0.2) is 0 Å². The Bertz CT molecular complexity index is 1090. The first-order chi connectivity index (χ1) is 10.8. The third-order valence-corrected chi connectivity index (χ3v) is 4.57. The molecular weight excluding hydrogens is 268 g/mol. The quantitative estimate of drug-likeness (QED) is 0.406. The van der Waals surface area contributed by atoms with Crippen LogP contribution < -0.4 is 5.84 Å². The van der Waals surface area contributed by atoms with Gasteiger partial charge in [0, 0.05) is 21.5 Å². The van der Waals surface area contributed by atoms with Gasteiger partial charge in [0.25, 0.3) is 0 Å². The molecule has 0 saturated carbocycles. The van der Waals surface area contributed by atoms with E-state index in [1.165, 1.54) is 32.3 Å². The minimum atomic E-state index is 1.10. The van der Waals surface area contributed by atoms with E-state index in [4.69, 9.17) is 5.84 Å². The summed E-state index contributed by atoms with van der Waals surface area (Å²) in [5.74, 6) is 6.52. The summed E-state index contributed by atoms with van der Waals surface area (Å²) in [6.07, 6.45) is 0. The minimum absolute atomic E-state index is 1.10. The fourth-order valence-electron chi connectivity index (χ4n) is 3.58. The average molecular weight is 282 g/mol. The second kappa shape index (κ2) is 4.01. The van der Waals surface area contributed by atoms with Gasteiger partial charge in [0.1, 0.15) is 0 Å². The summed E-state index contributed by atoms with van der Waals surface area (Å²) in [6.45, 7) is 0. The Kier molecular flexibility index (Phi) is 2.12. The third kappa shape index (κ3) is 1.34. The van der Waals surface area contributed by atoms with Crippen LogP contribution in [0.3, 0.4) is 0 Å². The van der Waals surface area contributed by atoms with Crippen molar-refractivity contribution < 1.29 is 0 Å². The molecule has 0 aliphatic carbocycles. The van der Waals surface area contributed by atoms with Crippen molar-refractivity contribution in [3.8, 4) is 0 Å². The summed E-state index contributed by atoms with van der Waals surface area (Å²) < 4.78 is 1.86. The van der Waals surface area contributed by atoms with E-state index in [0.29, 0.717) is 0 Å². The van der Waals surface area contributed by atoms with Crippen LogP contribution in [0.15, 0.2) is 72.8 Å². The van der Waals surface area contributed by atoms with Gasteiger partial charge in [0.2, 0.25) is 0 Å². The van der Waals surface area contributed by atoms with Crippen molar-refractivity contribution in [2.24, 2.45) is 0 Å². The summed E-state index contributed by atoms with van der Waals surface area (Å²) in [7, 11) is 0. The summed E-state index contributed by atoms with van der Waals surface area (Å²) in [5, 5.41) is 7.25. The third-order valence-electron chi connectivity index (χ3n) is 4.57. The molecule has 5 aromatic rings. The topological polar surface area (TPSA) is 30.9 Å². The first kappa shape index (κ1) is 11.6. The molecule has 0 fully saturated rings. The van der Waals surface area contributed by atoms with Crippen molar-refractivity contribution in [3.05, 3.63) is 72.8 Å². The second-order valence-corrected chi connectivity index (χ2v) is 5.74. The molecule has 4 aromatic carbocycles. The molecule has 0 aliphatic heterocycles. The molecule has 2 heteroatoms. The molecule has 0 unspecified atom stereocenters. The number of hydrogen-bond donors (Lipinski definition) is 1. The lowest BCUT2D eigenvalue weighted by Crippen LogP contribution is -2.07. The fraction of sp³-hybridized carbons (Fsp3) is 0. The molecule has 0 aliphatic rings. The molecule has 2 N–H and O–H groups in total. The van der Waals surface area contributed by atoms with E-state index < -0.39 is 0 Å². The fourth-order valence-corrected chi connectivity index (χ4v) is 3.58. The summed E-state index contributed by atoms with van der Waals surface area (Å²) in [5.41, 5.74) is 2.20. The van der Waals surface area contributed by atoms with Crippen molar-refractivity contribution >= 4 is 43.4 Å². The number of benzene rings is 4. The Balaban J connectivity index is 2.15. The van der Waals surface area contributed by atoms with Crippen LogP contribution in [-0.2, 0) is 0 Å². The maximum Gasteiger partial charge on any atom is 0.0782 e. The normalized spacial score (nSPS) is 11.8. The zero-order valence-electron chi connectivity index (χ0n) is 12.0. The predicted octanol–water partition coefficient (Wildman–Crippen LogP) is 4.81. The molecule has 0 bridgehead atoms. The zero-order valence-corrected chi connectivity index (χ0v) is 12.0. The van der Waals surface area contributed by atoms with Crippen LogP contribution >= 0.6 is 0 Å². The second-order valence-electron chi connectivity index (χ2n) is 5.74. The van der Waals surface area contributed by atoms with Crippen LogP contribution in [0.4, 0.5) is 0 Å². The molecule has 0 radical (unpaired) electrons. The van der Waals surface area contributed by atoms with E-state index in [1.807, 2.05) is 4.68 Å². The van der Waals surface area contributed by atoms with Crippen LogP contribution in [0.25, 0.3) is 43.4 Å². The molecule has 1 aromatic heterocycles. The average Bonchev–Trinajstić information content (AvgIpc) is 2.88. The van der Waals surface area contributed by atoms with Crippen LogP contribution in [0.5, 0.6) is 0 Å². The summed E-state index contributed by atoms with van der Waals surface area (Å²) in [6, 6.07) is 25.5. The lowest BCUT2D eigenvalue weighted by molar-refractivity contribution is 1.13. The van der Waals surface area contributed by atoms with Gasteiger partial charge in [-0.25, -0.2) is 0 Å². The van der Waals surface area contributed by atoms with Crippen molar-refractivity contribution in [1.29, 1.82) is 0 Å². The monoisotopic (exact) mass is 282 g/mol. The van der Waals surface area contributed by atoms with E-state index in [0.717, 1.165) is 11.0 Å². The molecule has 5 rings (SSSR count). The Labute approximate surface area is 127 Å². The van der Waals surface area contributed by atoms with Crippen molar-refractivity contribution in [1.82, 2.24) is 4.68 Å². The first-order valence-corrected chi connectivity index (χ1v) is 7.43. The van der Waals surface area contributed by atoms with Crippen LogP contribution in [0.2, 0.25) is 0 Å². The van der Waals surface area contributed by atoms with E-state index in [2.05, 4.69) is 72.8 Å². The largest absolute Gasteiger partial charge is 0.339 e. The van der Waals surface area contributed by atoms with Crippen LogP contribution in [0.1, 0.15) is 0 Å². The standard InChI is InChI=1S/C20H14N2/c21-22-19-15-7-3-1-5-13(15)9-11-17(19)18-12-10-14-6-2-4-8-16(14)20(18)22/h1-12H,21H2. The molecule has 2 nitrogen and oxygen atoms in total. The highest BCUT2D eigenvalue weighted by molar-refractivity contribution is 6.22. The zero-order chi connectivity index (χ0) is 14.7. The Hall–Kier alpha value is -3.00. The molecule has 0 saturated heterocycles. The Morgan fingerprint density at radius 2 is 0.955 bits per heavy atom. The number of nitrogens with zero attached hydrogens (tertiary/aromatic N) is 1. The first-order valence-electron chi connectivity index (χ1n) is 7.43. The smallest absolute Gasteiger partial charge is 0.0782 e. The van der Waals surface area contributed by atoms with Gasteiger partial charge in [-0.2, -0.15) is 0 Å². The predicted molar refractivity (Wildman–Crippen MR) is 94.6 cm³/mol. The highest BCUT2D eigenvalue weighted by atomic mass is 15.3. The molecule has 104 valence electrons. The van der Waals surface area contributed by atoms with Gasteiger partial charge in [-0.05, 0) is 10.8 Å². The van der Waals surface area contributed by atoms with Crippen molar-refractivity contribution in [2.45, 2.75) is 0 Å². The highest BCUT2D eigenvalue weighted by Gasteiger charge is 2.13. The van der Waals surface area contributed by atoms with Crippen LogP contribution in [0, 0.1) is 0 Å². The van der Waals surface area contributed by atoms with E-state index in [1.54, 1.807) is 0 Å². The molecule has 0 spiro atoms. The number of rotatable bonds is 0. The molecule has 0 atom stereocenters. The van der Waals surface area contributed by atoms with Gasteiger partial charge in [-0.3, -0.25) is 4.68 Å². The van der Waals surface area contributed by atoms with Crippen molar-refractivity contribution in [2.75, 3.05) is 5.84 Å². The number of aromatic nitrogens is 1. The Morgan fingerprint density at radius 1 is 0.500 bits per heavy atom. The van der Waals surface area contributed by atoms with Crippen LogP contribution in [-0.4, -0.2) is 4.68 Å². The lowest BCUT2D eigenvalue weighted by atomic mass is 10.0. The number of nitrogens with two attached hydrogens (primary N) is 1. The van der Waals surface area contributed by atoms with Gasteiger partial charge >= 0.3 is 0 Å². The lowest BCUT2D eigenvalue weighted by Gasteiger charge is -2.04.